The number of rotatable bonds is 0. The molecule has 0 aliphatic heterocycles. The van der Waals surface area contributed by atoms with E-state index in [0.717, 1.165) is 21.0 Å². The minimum absolute atomic E-state index is 0.0303. The normalized spacial score (nSPS) is 11.2. The molecule has 4 heteroatoms. The van der Waals surface area contributed by atoms with Crippen LogP contribution in [0.2, 0.25) is 0 Å². The number of nitrogen functional groups attached to an aromatic ring is 1. The zero-order valence-electron chi connectivity index (χ0n) is 7.78. The summed E-state index contributed by atoms with van der Waals surface area (Å²) < 4.78 is 0.758. The molecule has 2 aromatic heterocycles. The highest BCUT2D eigenvalue weighted by molar-refractivity contribution is 7.17. The largest absolute Gasteiger partial charge is 0.399 e. The summed E-state index contributed by atoms with van der Waals surface area (Å²) in [5.74, 6) is 0. The molecule has 15 heavy (non-hydrogen) atoms. The Hall–Kier alpha value is -1.81. The van der Waals surface area contributed by atoms with E-state index >= 15 is 0 Å². The molecule has 2 heterocycles. The monoisotopic (exact) mass is 216 g/mol. The molecule has 3 N–H and O–H groups in total. The number of hydrogen-bond acceptors (Lipinski definition) is 3. The maximum atomic E-state index is 11.7. The van der Waals surface area contributed by atoms with Crippen LogP contribution in [0.25, 0.3) is 21.0 Å². The average molecular weight is 216 g/mol. The molecule has 0 spiro atoms. The van der Waals surface area contributed by atoms with Crippen LogP contribution in [-0.2, 0) is 0 Å². The van der Waals surface area contributed by atoms with E-state index in [4.69, 9.17) is 5.73 Å². The maximum Gasteiger partial charge on any atom is 0.266 e. The summed E-state index contributed by atoms with van der Waals surface area (Å²) in [6.07, 6.45) is 0. The third-order valence-electron chi connectivity index (χ3n) is 2.45. The van der Waals surface area contributed by atoms with Crippen LogP contribution in [0.15, 0.2) is 34.4 Å². The fraction of sp³-hybridized carbons (Fsp3) is 0. The lowest BCUT2D eigenvalue weighted by Gasteiger charge is -2.00. The zero-order chi connectivity index (χ0) is 10.4. The first-order chi connectivity index (χ1) is 7.25. The molecule has 0 bridgehead atoms. The van der Waals surface area contributed by atoms with Gasteiger partial charge in [0.25, 0.3) is 5.56 Å². The van der Waals surface area contributed by atoms with Crippen molar-refractivity contribution < 1.29 is 0 Å². The lowest BCUT2D eigenvalue weighted by molar-refractivity contribution is 1.36. The van der Waals surface area contributed by atoms with Crippen LogP contribution >= 0.6 is 11.3 Å². The van der Waals surface area contributed by atoms with E-state index in [1.807, 2.05) is 23.6 Å². The summed E-state index contributed by atoms with van der Waals surface area (Å²) >= 11 is 1.45. The number of benzene rings is 1. The number of pyridine rings is 1. The van der Waals surface area contributed by atoms with Crippen molar-refractivity contribution in [3.63, 3.8) is 0 Å². The highest BCUT2D eigenvalue weighted by atomic mass is 32.1. The number of thiophene rings is 1. The lowest BCUT2D eigenvalue weighted by Crippen LogP contribution is -2.04. The predicted octanol–water partition coefficient (Wildman–Crippen LogP) is 2.33. The summed E-state index contributed by atoms with van der Waals surface area (Å²) in [6.45, 7) is 0. The van der Waals surface area contributed by atoms with Crippen LogP contribution in [0.4, 0.5) is 5.69 Å². The standard InChI is InChI=1S/C11H8N2OS/c12-6-1-2-9-8(5-6)7-3-4-15-10(7)11(14)13-9/h1-5H,12H2,(H,13,14). The Morgan fingerprint density at radius 3 is 2.93 bits per heavy atom. The number of H-pyrrole nitrogens is 1. The van der Waals surface area contributed by atoms with Crippen molar-refractivity contribution in [1.82, 2.24) is 4.98 Å². The molecular formula is C11H8N2OS. The van der Waals surface area contributed by atoms with Gasteiger partial charge in [-0.2, -0.15) is 0 Å². The van der Waals surface area contributed by atoms with E-state index in [-0.39, 0.29) is 5.56 Å². The highest BCUT2D eigenvalue weighted by Crippen LogP contribution is 2.26. The van der Waals surface area contributed by atoms with Gasteiger partial charge < -0.3 is 10.7 Å². The van der Waals surface area contributed by atoms with Gasteiger partial charge in [-0.1, -0.05) is 0 Å². The summed E-state index contributed by atoms with van der Waals surface area (Å²) in [6, 6.07) is 7.47. The van der Waals surface area contributed by atoms with Gasteiger partial charge in [0.05, 0.1) is 0 Å². The second-order valence-corrected chi connectivity index (χ2v) is 4.34. The Morgan fingerprint density at radius 2 is 2.07 bits per heavy atom. The molecule has 74 valence electrons. The molecule has 3 rings (SSSR count). The molecule has 0 saturated heterocycles. The Kier molecular flexibility index (Phi) is 1.61. The van der Waals surface area contributed by atoms with Gasteiger partial charge in [-0.05, 0) is 29.6 Å². The summed E-state index contributed by atoms with van der Waals surface area (Å²) in [7, 11) is 0. The predicted molar refractivity (Wildman–Crippen MR) is 64.4 cm³/mol. The first-order valence-corrected chi connectivity index (χ1v) is 5.42. The molecule has 0 unspecified atom stereocenters. The van der Waals surface area contributed by atoms with Gasteiger partial charge in [0.2, 0.25) is 0 Å². The van der Waals surface area contributed by atoms with Gasteiger partial charge in [-0.25, -0.2) is 0 Å². The maximum absolute atomic E-state index is 11.7. The summed E-state index contributed by atoms with van der Waals surface area (Å²) in [5, 5.41) is 3.90. The minimum atomic E-state index is -0.0303. The van der Waals surface area contributed by atoms with Gasteiger partial charge >= 0.3 is 0 Å². The molecule has 0 saturated carbocycles. The molecule has 0 aliphatic carbocycles. The first-order valence-electron chi connectivity index (χ1n) is 4.54. The average Bonchev–Trinajstić information content (AvgIpc) is 2.69. The number of nitrogens with one attached hydrogen (secondary N) is 1. The SMILES string of the molecule is Nc1ccc2[nH]c(=O)c3sccc3c2c1. The van der Waals surface area contributed by atoms with Crippen molar-refractivity contribution >= 4 is 38.0 Å². The number of fused-ring (bicyclic) bond motifs is 3. The number of aromatic nitrogens is 1. The summed E-state index contributed by atoms with van der Waals surface area (Å²) in [4.78, 5) is 14.5. The second-order valence-electron chi connectivity index (χ2n) is 3.42. The van der Waals surface area contributed by atoms with E-state index in [1.54, 1.807) is 6.07 Å². The number of nitrogens with two attached hydrogens (primary N) is 1. The van der Waals surface area contributed by atoms with E-state index < -0.39 is 0 Å². The second kappa shape index (κ2) is 2.84. The van der Waals surface area contributed by atoms with Crippen molar-refractivity contribution in [2.24, 2.45) is 0 Å². The van der Waals surface area contributed by atoms with Gasteiger partial charge in [-0.3, -0.25) is 4.79 Å². The molecule has 0 radical (unpaired) electrons. The van der Waals surface area contributed by atoms with E-state index in [9.17, 15) is 4.79 Å². The third-order valence-corrected chi connectivity index (χ3v) is 3.37. The van der Waals surface area contributed by atoms with Crippen molar-refractivity contribution in [3.05, 3.63) is 40.0 Å². The molecule has 3 aromatic rings. The lowest BCUT2D eigenvalue weighted by atomic mass is 10.1. The van der Waals surface area contributed by atoms with Crippen LogP contribution in [0, 0.1) is 0 Å². The van der Waals surface area contributed by atoms with E-state index in [2.05, 4.69) is 4.98 Å². The van der Waals surface area contributed by atoms with Gasteiger partial charge in [0.1, 0.15) is 4.70 Å². The van der Waals surface area contributed by atoms with Crippen LogP contribution in [0.3, 0.4) is 0 Å². The van der Waals surface area contributed by atoms with E-state index in [1.165, 1.54) is 11.3 Å². The van der Waals surface area contributed by atoms with Gasteiger partial charge in [0.15, 0.2) is 0 Å². The van der Waals surface area contributed by atoms with Gasteiger partial charge in [0, 0.05) is 22.0 Å². The highest BCUT2D eigenvalue weighted by Gasteiger charge is 2.05. The fourth-order valence-corrected chi connectivity index (χ4v) is 2.57. The van der Waals surface area contributed by atoms with Crippen LogP contribution in [-0.4, -0.2) is 4.98 Å². The smallest absolute Gasteiger partial charge is 0.266 e. The van der Waals surface area contributed by atoms with Crippen LogP contribution in [0.1, 0.15) is 0 Å². The third kappa shape index (κ3) is 1.15. The Bertz CT molecular complexity index is 711. The quantitative estimate of drug-likeness (QED) is 0.566. The number of anilines is 1. The molecule has 3 nitrogen and oxygen atoms in total. The van der Waals surface area contributed by atoms with Crippen LogP contribution < -0.4 is 11.3 Å². The molecular weight excluding hydrogens is 208 g/mol. The van der Waals surface area contributed by atoms with Crippen molar-refractivity contribution in [2.45, 2.75) is 0 Å². The van der Waals surface area contributed by atoms with Gasteiger partial charge in [-0.15, -0.1) is 11.3 Å². The van der Waals surface area contributed by atoms with Crippen LogP contribution in [0.5, 0.6) is 0 Å². The van der Waals surface area contributed by atoms with Crippen molar-refractivity contribution in [3.8, 4) is 0 Å². The molecule has 0 atom stereocenters. The Morgan fingerprint density at radius 1 is 1.20 bits per heavy atom. The topological polar surface area (TPSA) is 58.9 Å². The number of hydrogen-bond donors (Lipinski definition) is 2. The first kappa shape index (κ1) is 8.49. The molecule has 0 aliphatic rings. The molecule has 1 aromatic carbocycles. The Labute approximate surface area is 89.2 Å². The van der Waals surface area contributed by atoms with Crippen molar-refractivity contribution in [2.75, 3.05) is 5.73 Å². The van der Waals surface area contributed by atoms with E-state index in [0.29, 0.717) is 5.69 Å². The zero-order valence-corrected chi connectivity index (χ0v) is 8.60. The summed E-state index contributed by atoms with van der Waals surface area (Å²) in [5.41, 5.74) is 7.25. The molecule has 0 amide bonds. The number of aromatic amines is 1. The fourth-order valence-electron chi connectivity index (χ4n) is 1.77. The minimum Gasteiger partial charge on any atom is -0.399 e. The Balaban J connectivity index is 2.67. The van der Waals surface area contributed by atoms with Crippen molar-refractivity contribution in [1.29, 1.82) is 0 Å². The molecule has 0 fully saturated rings.